The molecule has 1 aliphatic heterocycles. The highest BCUT2D eigenvalue weighted by Gasteiger charge is 2.35. The molecule has 0 aliphatic carbocycles. The molecule has 0 bridgehead atoms. The molecule has 1 atom stereocenters. The predicted octanol–water partition coefficient (Wildman–Crippen LogP) is 4.98. The van der Waals surface area contributed by atoms with Crippen LogP contribution in [0.5, 0.6) is 0 Å². The van der Waals surface area contributed by atoms with E-state index >= 15 is 0 Å². The molecule has 2 amide bonds. The molecule has 5 rings (SSSR count). The first-order valence-corrected chi connectivity index (χ1v) is 9.85. The number of halogens is 3. The number of carbonyl (C=O) groups is 1. The van der Waals surface area contributed by atoms with Gasteiger partial charge >= 0.3 is 12.2 Å². The first-order valence-electron chi connectivity index (χ1n) is 9.04. The third kappa shape index (κ3) is 3.18. The fourth-order valence-electron chi connectivity index (χ4n) is 3.55. The van der Waals surface area contributed by atoms with Gasteiger partial charge in [0.05, 0.1) is 28.3 Å². The second-order valence-electron chi connectivity index (χ2n) is 6.83. The van der Waals surface area contributed by atoms with E-state index in [1.165, 1.54) is 6.20 Å². The summed E-state index contributed by atoms with van der Waals surface area (Å²) < 4.78 is 38.4. The molecule has 3 heterocycles. The number of benzene rings is 2. The largest absolute Gasteiger partial charge is 0.443 e. The Hall–Kier alpha value is -3.40. The van der Waals surface area contributed by atoms with Crippen molar-refractivity contribution in [2.24, 2.45) is 0 Å². The van der Waals surface area contributed by atoms with Crippen molar-refractivity contribution in [2.45, 2.75) is 12.2 Å². The average molecular weight is 429 g/mol. The van der Waals surface area contributed by atoms with Gasteiger partial charge in [0.15, 0.2) is 5.01 Å². The van der Waals surface area contributed by atoms with Crippen molar-refractivity contribution in [3.8, 4) is 10.4 Å². The zero-order chi connectivity index (χ0) is 20.9. The van der Waals surface area contributed by atoms with Gasteiger partial charge in [-0.1, -0.05) is 24.3 Å². The lowest BCUT2D eigenvalue weighted by atomic mass is 10.0. The number of rotatable bonds is 3. The van der Waals surface area contributed by atoms with Gasteiger partial charge in [0.1, 0.15) is 0 Å². The third-order valence-electron chi connectivity index (χ3n) is 4.99. The Balaban J connectivity index is 1.44. The zero-order valence-electron chi connectivity index (χ0n) is 15.3. The summed E-state index contributed by atoms with van der Waals surface area (Å²) in [6.45, 7) is 0.429. The Labute approximate surface area is 172 Å². The number of hydrogen-bond donors (Lipinski definition) is 2. The lowest BCUT2D eigenvalue weighted by Crippen LogP contribution is -2.29. The number of alkyl halides is 3. The summed E-state index contributed by atoms with van der Waals surface area (Å²) in [5.41, 5.74) is 3.89. The Morgan fingerprint density at radius 1 is 1.10 bits per heavy atom. The zero-order valence-corrected chi connectivity index (χ0v) is 16.1. The summed E-state index contributed by atoms with van der Waals surface area (Å²) >= 11 is 0.608. The molecular weight excluding hydrogens is 415 g/mol. The van der Waals surface area contributed by atoms with Crippen LogP contribution in [0.15, 0.2) is 55.0 Å². The number of anilines is 1. The number of carbonyl (C=O) groups excluding carboxylic acids is 1. The highest BCUT2D eigenvalue weighted by Crippen LogP contribution is 2.37. The number of nitrogens with zero attached hydrogens (tertiary/aromatic N) is 3. The fraction of sp³-hybridized carbons (Fsp3) is 0.150. The molecule has 2 aromatic heterocycles. The third-order valence-corrected chi connectivity index (χ3v) is 6.08. The standard InChI is InChI=1S/C20H14F3N5OS/c21-20(22,23)18-24-9-17(30-18)12-3-1-11(2-4-12)16-8-25-19(29)28(16)13-5-6-14-15(7-13)27-10-26-14/h1-7,9-10,16H,8H2,(H,25,29)(H,26,27)/t16-/m0/s1. The van der Waals surface area contributed by atoms with Crippen molar-refractivity contribution in [1.29, 1.82) is 0 Å². The topological polar surface area (TPSA) is 73.9 Å². The molecule has 6 nitrogen and oxygen atoms in total. The maximum absolute atomic E-state index is 12.8. The molecule has 1 fully saturated rings. The van der Waals surface area contributed by atoms with Crippen LogP contribution < -0.4 is 10.2 Å². The molecule has 0 unspecified atom stereocenters. The lowest BCUT2D eigenvalue weighted by molar-refractivity contribution is -0.137. The van der Waals surface area contributed by atoms with E-state index in [1.54, 1.807) is 23.4 Å². The van der Waals surface area contributed by atoms with Crippen LogP contribution in [0.3, 0.4) is 0 Å². The second-order valence-corrected chi connectivity index (χ2v) is 7.86. The summed E-state index contributed by atoms with van der Waals surface area (Å²) in [7, 11) is 0. The first kappa shape index (κ1) is 18.6. The number of aromatic nitrogens is 3. The number of hydrogen-bond acceptors (Lipinski definition) is 4. The Kier molecular flexibility index (Phi) is 4.24. The van der Waals surface area contributed by atoms with Gasteiger partial charge in [-0.05, 0) is 29.3 Å². The smallest absolute Gasteiger partial charge is 0.345 e. The highest BCUT2D eigenvalue weighted by molar-refractivity contribution is 7.15. The molecule has 10 heteroatoms. The molecule has 0 radical (unpaired) electrons. The summed E-state index contributed by atoms with van der Waals surface area (Å²) in [4.78, 5) is 25.3. The van der Waals surface area contributed by atoms with Crippen molar-refractivity contribution in [2.75, 3.05) is 11.4 Å². The maximum atomic E-state index is 12.8. The van der Waals surface area contributed by atoms with Gasteiger partial charge in [-0.2, -0.15) is 13.2 Å². The quantitative estimate of drug-likeness (QED) is 0.483. The highest BCUT2D eigenvalue weighted by atomic mass is 32.1. The number of thiazole rings is 1. The van der Waals surface area contributed by atoms with Crippen LogP contribution in [-0.4, -0.2) is 27.5 Å². The summed E-state index contributed by atoms with van der Waals surface area (Å²) in [6.07, 6.45) is -1.62. The number of amides is 2. The minimum Gasteiger partial charge on any atom is -0.345 e. The van der Waals surface area contributed by atoms with Gasteiger partial charge in [0.25, 0.3) is 0 Å². The molecule has 2 aromatic carbocycles. The van der Waals surface area contributed by atoms with Crippen LogP contribution in [0.1, 0.15) is 16.6 Å². The fourth-order valence-corrected chi connectivity index (χ4v) is 4.34. The number of imidazole rings is 1. The van der Waals surface area contributed by atoms with Crippen LogP contribution in [0.25, 0.3) is 21.5 Å². The lowest BCUT2D eigenvalue weighted by Gasteiger charge is -2.23. The molecule has 2 N–H and O–H groups in total. The van der Waals surface area contributed by atoms with E-state index in [1.807, 2.05) is 30.3 Å². The van der Waals surface area contributed by atoms with E-state index in [-0.39, 0.29) is 12.1 Å². The second kappa shape index (κ2) is 6.84. The number of nitrogens with one attached hydrogen (secondary N) is 2. The van der Waals surface area contributed by atoms with Crippen molar-refractivity contribution in [3.63, 3.8) is 0 Å². The van der Waals surface area contributed by atoms with Gasteiger partial charge in [0, 0.05) is 18.4 Å². The molecule has 4 aromatic rings. The van der Waals surface area contributed by atoms with Gasteiger partial charge in [-0.25, -0.2) is 14.8 Å². The van der Waals surface area contributed by atoms with Crippen molar-refractivity contribution < 1.29 is 18.0 Å². The number of aromatic amines is 1. The monoisotopic (exact) mass is 429 g/mol. The molecule has 1 aliphatic rings. The summed E-state index contributed by atoms with van der Waals surface area (Å²) in [5.74, 6) is 0. The summed E-state index contributed by atoms with van der Waals surface area (Å²) in [6, 6.07) is 12.3. The van der Waals surface area contributed by atoms with Crippen LogP contribution in [-0.2, 0) is 6.18 Å². The Morgan fingerprint density at radius 2 is 1.90 bits per heavy atom. The number of fused-ring (bicyclic) bond motifs is 1. The van der Waals surface area contributed by atoms with Gasteiger partial charge in [0.2, 0.25) is 0 Å². The van der Waals surface area contributed by atoms with E-state index in [2.05, 4.69) is 20.3 Å². The van der Waals surface area contributed by atoms with E-state index in [9.17, 15) is 18.0 Å². The van der Waals surface area contributed by atoms with Gasteiger partial charge in [-0.3, -0.25) is 4.90 Å². The average Bonchev–Trinajstić information content (AvgIpc) is 3.46. The maximum Gasteiger partial charge on any atom is 0.443 e. The molecular formula is C20H14F3N5OS. The number of H-pyrrole nitrogens is 1. The van der Waals surface area contributed by atoms with E-state index in [0.717, 1.165) is 22.3 Å². The van der Waals surface area contributed by atoms with Gasteiger partial charge in [-0.15, -0.1) is 11.3 Å². The molecule has 30 heavy (non-hydrogen) atoms. The molecule has 152 valence electrons. The number of urea groups is 1. The normalized spacial score (nSPS) is 17.0. The first-order chi connectivity index (χ1) is 14.4. The Morgan fingerprint density at radius 3 is 2.63 bits per heavy atom. The molecule has 0 spiro atoms. The molecule has 0 saturated carbocycles. The SMILES string of the molecule is O=C1NC[C@@H](c2ccc(-c3cnc(C(F)(F)F)s3)cc2)N1c1ccc2nc[nH]c2c1. The minimum atomic E-state index is -4.45. The van der Waals surface area contributed by atoms with E-state index in [0.29, 0.717) is 28.3 Å². The summed E-state index contributed by atoms with van der Waals surface area (Å²) in [5, 5.41) is 1.98. The van der Waals surface area contributed by atoms with Crippen LogP contribution >= 0.6 is 11.3 Å². The van der Waals surface area contributed by atoms with Crippen molar-refractivity contribution in [1.82, 2.24) is 20.3 Å². The Bertz CT molecular complexity index is 1230. The van der Waals surface area contributed by atoms with Crippen LogP contribution in [0.4, 0.5) is 23.7 Å². The molecule has 1 saturated heterocycles. The van der Waals surface area contributed by atoms with Crippen molar-refractivity contribution >= 4 is 34.1 Å². The minimum absolute atomic E-state index is 0.208. The van der Waals surface area contributed by atoms with E-state index < -0.39 is 11.2 Å². The predicted molar refractivity (Wildman–Crippen MR) is 107 cm³/mol. The van der Waals surface area contributed by atoms with Crippen molar-refractivity contribution in [3.05, 3.63) is 65.6 Å². The van der Waals surface area contributed by atoms with E-state index in [4.69, 9.17) is 0 Å². The van der Waals surface area contributed by atoms with Crippen LogP contribution in [0, 0.1) is 0 Å². The van der Waals surface area contributed by atoms with Crippen LogP contribution in [0.2, 0.25) is 0 Å². The van der Waals surface area contributed by atoms with Gasteiger partial charge < -0.3 is 10.3 Å².